The van der Waals surface area contributed by atoms with Crippen LogP contribution in [0.4, 0.5) is 14.5 Å². The zero-order valence-electron chi connectivity index (χ0n) is 12.5. The average Bonchev–Trinajstić information content (AvgIpc) is 2.43. The van der Waals surface area contributed by atoms with E-state index in [9.17, 15) is 8.78 Å². The van der Waals surface area contributed by atoms with E-state index in [0.717, 1.165) is 28.7 Å². The van der Waals surface area contributed by atoms with Gasteiger partial charge in [0.05, 0.1) is 13.2 Å². The molecular weight excluding hydrogens is 342 g/mol. The van der Waals surface area contributed by atoms with E-state index in [4.69, 9.17) is 5.11 Å². The Kier molecular flexibility index (Phi) is 8.14. The standard InChI is InChI=1S/C15H23BrF2N2O/c1-3-6-19-11(2)13-9-12(16)4-5-14(13)20(7-8-21)10-15(17)18/h4-5,9,11,15,19,21H,3,6-8,10H2,1-2H3. The van der Waals surface area contributed by atoms with E-state index in [0.29, 0.717) is 0 Å². The van der Waals surface area contributed by atoms with Gasteiger partial charge in [-0.2, -0.15) is 0 Å². The molecule has 0 saturated heterocycles. The van der Waals surface area contributed by atoms with Gasteiger partial charge >= 0.3 is 0 Å². The maximum atomic E-state index is 12.8. The molecule has 120 valence electrons. The Morgan fingerprint density at radius 1 is 1.38 bits per heavy atom. The van der Waals surface area contributed by atoms with Crippen molar-refractivity contribution in [2.24, 2.45) is 0 Å². The number of hydrogen-bond acceptors (Lipinski definition) is 3. The van der Waals surface area contributed by atoms with Crippen molar-refractivity contribution < 1.29 is 13.9 Å². The van der Waals surface area contributed by atoms with Crippen LogP contribution in [-0.4, -0.2) is 37.8 Å². The summed E-state index contributed by atoms with van der Waals surface area (Å²) >= 11 is 3.43. The van der Waals surface area contributed by atoms with Crippen LogP contribution in [0, 0.1) is 0 Å². The first-order valence-corrected chi connectivity index (χ1v) is 7.95. The highest BCUT2D eigenvalue weighted by Gasteiger charge is 2.18. The third-order valence-corrected chi connectivity index (χ3v) is 3.72. The summed E-state index contributed by atoms with van der Waals surface area (Å²) < 4.78 is 26.4. The van der Waals surface area contributed by atoms with Crippen molar-refractivity contribution in [3.8, 4) is 0 Å². The number of nitrogens with zero attached hydrogens (tertiary/aromatic N) is 1. The predicted molar refractivity (Wildman–Crippen MR) is 86.2 cm³/mol. The Labute approximate surface area is 133 Å². The lowest BCUT2D eigenvalue weighted by atomic mass is 10.0. The SMILES string of the molecule is CCCNC(C)c1cc(Br)ccc1N(CCO)CC(F)F. The van der Waals surface area contributed by atoms with Gasteiger partial charge in [-0.1, -0.05) is 22.9 Å². The smallest absolute Gasteiger partial charge is 0.255 e. The maximum absolute atomic E-state index is 12.8. The van der Waals surface area contributed by atoms with Crippen LogP contribution in [0.25, 0.3) is 0 Å². The number of anilines is 1. The van der Waals surface area contributed by atoms with Crippen LogP contribution < -0.4 is 10.2 Å². The molecule has 0 spiro atoms. The average molecular weight is 365 g/mol. The van der Waals surface area contributed by atoms with Crippen LogP contribution in [0.3, 0.4) is 0 Å². The molecule has 1 rings (SSSR count). The molecular formula is C15H23BrF2N2O. The fraction of sp³-hybridized carbons (Fsp3) is 0.600. The van der Waals surface area contributed by atoms with Crippen LogP contribution >= 0.6 is 15.9 Å². The predicted octanol–water partition coefficient (Wildman–Crippen LogP) is 3.57. The molecule has 1 aromatic rings. The molecule has 0 fully saturated rings. The lowest BCUT2D eigenvalue weighted by Gasteiger charge is -2.28. The number of hydrogen-bond donors (Lipinski definition) is 2. The van der Waals surface area contributed by atoms with E-state index in [2.05, 4.69) is 28.2 Å². The molecule has 1 aromatic carbocycles. The molecule has 0 aromatic heterocycles. The topological polar surface area (TPSA) is 35.5 Å². The van der Waals surface area contributed by atoms with Crippen molar-refractivity contribution in [3.63, 3.8) is 0 Å². The third kappa shape index (κ3) is 5.88. The molecule has 2 N–H and O–H groups in total. The van der Waals surface area contributed by atoms with Gasteiger partial charge in [0, 0.05) is 22.7 Å². The van der Waals surface area contributed by atoms with Crippen LogP contribution in [0.15, 0.2) is 22.7 Å². The summed E-state index contributed by atoms with van der Waals surface area (Å²) in [5.74, 6) is 0. The van der Waals surface area contributed by atoms with Crippen molar-refractivity contribution >= 4 is 21.6 Å². The van der Waals surface area contributed by atoms with E-state index >= 15 is 0 Å². The number of benzene rings is 1. The molecule has 1 atom stereocenters. The summed E-state index contributed by atoms with van der Waals surface area (Å²) in [7, 11) is 0. The zero-order chi connectivity index (χ0) is 15.8. The maximum Gasteiger partial charge on any atom is 0.255 e. The van der Waals surface area contributed by atoms with E-state index in [1.165, 1.54) is 4.90 Å². The van der Waals surface area contributed by atoms with Crippen molar-refractivity contribution in [2.75, 3.05) is 31.1 Å². The molecule has 0 aliphatic carbocycles. The number of aliphatic hydroxyl groups is 1. The minimum atomic E-state index is -2.44. The molecule has 3 nitrogen and oxygen atoms in total. The Balaban J connectivity index is 3.07. The fourth-order valence-electron chi connectivity index (χ4n) is 2.23. The Hall–Kier alpha value is -0.720. The highest BCUT2D eigenvalue weighted by molar-refractivity contribution is 9.10. The lowest BCUT2D eigenvalue weighted by molar-refractivity contribution is 0.152. The highest BCUT2D eigenvalue weighted by atomic mass is 79.9. The minimum absolute atomic E-state index is 0.0521. The summed E-state index contributed by atoms with van der Waals surface area (Å²) in [4.78, 5) is 1.54. The molecule has 0 bridgehead atoms. The van der Waals surface area contributed by atoms with E-state index < -0.39 is 6.43 Å². The highest BCUT2D eigenvalue weighted by Crippen LogP contribution is 2.30. The van der Waals surface area contributed by atoms with Crippen LogP contribution in [-0.2, 0) is 0 Å². The largest absolute Gasteiger partial charge is 0.395 e. The van der Waals surface area contributed by atoms with Crippen molar-refractivity contribution in [3.05, 3.63) is 28.2 Å². The second kappa shape index (κ2) is 9.33. The molecule has 0 amide bonds. The normalized spacial score (nSPS) is 12.7. The molecule has 1 unspecified atom stereocenters. The van der Waals surface area contributed by atoms with Gasteiger partial charge in [-0.05, 0) is 43.7 Å². The van der Waals surface area contributed by atoms with Crippen molar-refractivity contribution in [1.29, 1.82) is 0 Å². The zero-order valence-corrected chi connectivity index (χ0v) is 14.0. The molecule has 0 aliphatic heterocycles. The van der Waals surface area contributed by atoms with Crippen molar-refractivity contribution in [2.45, 2.75) is 32.7 Å². The first kappa shape index (κ1) is 18.3. The summed E-state index contributed by atoms with van der Waals surface area (Å²) in [6.45, 7) is 4.62. The molecule has 6 heteroatoms. The minimum Gasteiger partial charge on any atom is -0.395 e. The van der Waals surface area contributed by atoms with Crippen LogP contribution in [0.1, 0.15) is 31.9 Å². The van der Waals surface area contributed by atoms with Crippen molar-refractivity contribution in [1.82, 2.24) is 5.32 Å². The van der Waals surface area contributed by atoms with E-state index in [1.807, 2.05) is 25.1 Å². The molecule has 0 saturated carbocycles. The van der Waals surface area contributed by atoms with Crippen LogP contribution in [0.2, 0.25) is 0 Å². The fourth-order valence-corrected chi connectivity index (χ4v) is 2.61. The molecule has 21 heavy (non-hydrogen) atoms. The van der Waals surface area contributed by atoms with E-state index in [1.54, 1.807) is 0 Å². The van der Waals surface area contributed by atoms with Gasteiger partial charge < -0.3 is 15.3 Å². The lowest BCUT2D eigenvalue weighted by Crippen LogP contribution is -2.33. The monoisotopic (exact) mass is 364 g/mol. The van der Waals surface area contributed by atoms with Gasteiger partial charge in [0.25, 0.3) is 6.43 Å². The van der Waals surface area contributed by atoms with Gasteiger partial charge in [-0.25, -0.2) is 8.78 Å². The number of rotatable bonds is 9. The van der Waals surface area contributed by atoms with E-state index in [-0.39, 0.29) is 25.7 Å². The summed E-state index contributed by atoms with van der Waals surface area (Å²) in [5, 5.41) is 12.5. The summed E-state index contributed by atoms with van der Waals surface area (Å²) in [5.41, 5.74) is 1.69. The molecule has 0 radical (unpaired) electrons. The third-order valence-electron chi connectivity index (χ3n) is 3.23. The second-order valence-electron chi connectivity index (χ2n) is 4.94. The Morgan fingerprint density at radius 2 is 2.10 bits per heavy atom. The molecule has 0 heterocycles. The summed E-state index contributed by atoms with van der Waals surface area (Å²) in [6, 6.07) is 5.65. The first-order chi connectivity index (χ1) is 9.99. The first-order valence-electron chi connectivity index (χ1n) is 7.16. The Bertz CT molecular complexity index is 432. The van der Waals surface area contributed by atoms with Gasteiger partial charge in [0.15, 0.2) is 0 Å². The number of nitrogens with one attached hydrogen (secondary N) is 1. The second-order valence-corrected chi connectivity index (χ2v) is 5.86. The van der Waals surface area contributed by atoms with Gasteiger partial charge in [-0.15, -0.1) is 0 Å². The van der Waals surface area contributed by atoms with Gasteiger partial charge in [-0.3, -0.25) is 0 Å². The quantitative estimate of drug-likeness (QED) is 0.702. The molecule has 0 aliphatic rings. The number of halogens is 3. The van der Waals surface area contributed by atoms with Gasteiger partial charge in [0.2, 0.25) is 0 Å². The Morgan fingerprint density at radius 3 is 2.67 bits per heavy atom. The summed E-state index contributed by atoms with van der Waals surface area (Å²) in [6.07, 6.45) is -1.43. The van der Waals surface area contributed by atoms with Crippen LogP contribution in [0.5, 0.6) is 0 Å². The van der Waals surface area contributed by atoms with Gasteiger partial charge in [0.1, 0.15) is 0 Å². The number of aliphatic hydroxyl groups excluding tert-OH is 1. The number of alkyl halides is 2.